The molecule has 0 aromatic heterocycles. The summed E-state index contributed by atoms with van der Waals surface area (Å²) in [4.78, 5) is 2.72. The van der Waals surface area contributed by atoms with Crippen molar-refractivity contribution in [2.24, 2.45) is 5.11 Å². The first kappa shape index (κ1) is 13.9. The van der Waals surface area contributed by atoms with Gasteiger partial charge < -0.3 is 0 Å². The molecule has 0 aliphatic rings. The van der Waals surface area contributed by atoms with Crippen LogP contribution < -0.4 is 0 Å². The number of hydrogen-bond acceptors (Lipinski definition) is 1. The van der Waals surface area contributed by atoms with Crippen LogP contribution in [0.1, 0.15) is 57.8 Å². The summed E-state index contributed by atoms with van der Waals surface area (Å²) in [7, 11) is 0. The molecule has 84 valence electrons. The Hall–Kier alpha value is -1.13. The van der Waals surface area contributed by atoms with E-state index in [1.807, 2.05) is 0 Å². The molecule has 0 heterocycles. The third kappa shape index (κ3) is 12.9. The van der Waals surface area contributed by atoms with E-state index in [9.17, 15) is 0 Å². The minimum atomic E-state index is 0.651. The third-order valence-electron chi connectivity index (χ3n) is 2.39. The fourth-order valence-corrected chi connectivity index (χ4v) is 1.51. The van der Waals surface area contributed by atoms with Crippen molar-refractivity contribution in [2.75, 3.05) is 6.54 Å². The van der Waals surface area contributed by atoms with E-state index < -0.39 is 0 Å². The summed E-state index contributed by atoms with van der Waals surface area (Å²) in [6, 6.07) is 0. The first-order chi connectivity index (χ1) is 7.41. The Kier molecular flexibility index (Phi) is 11.9. The van der Waals surface area contributed by atoms with Gasteiger partial charge in [0.2, 0.25) is 0 Å². The van der Waals surface area contributed by atoms with Crippen LogP contribution in [0.5, 0.6) is 0 Å². The van der Waals surface area contributed by atoms with Gasteiger partial charge in [0, 0.05) is 17.9 Å². The number of unbranched alkanes of at least 4 members (excludes halogenated alkanes) is 8. The van der Waals surface area contributed by atoms with Gasteiger partial charge in [0.15, 0.2) is 0 Å². The van der Waals surface area contributed by atoms with Gasteiger partial charge in [-0.05, 0) is 18.4 Å². The van der Waals surface area contributed by atoms with Crippen molar-refractivity contribution >= 4 is 0 Å². The highest BCUT2D eigenvalue weighted by atomic mass is 15.1. The molecule has 0 saturated heterocycles. The molecule has 0 rings (SSSR count). The zero-order valence-corrected chi connectivity index (χ0v) is 9.49. The summed E-state index contributed by atoms with van der Waals surface area (Å²) < 4.78 is 0. The van der Waals surface area contributed by atoms with Crippen LogP contribution in [0.3, 0.4) is 0 Å². The predicted octanol–water partition coefficient (Wildman–Crippen LogP) is 4.44. The Bertz CT molecular complexity index is 211. The fraction of sp³-hybridized carbons (Fsp3) is 0.833. The molecule has 0 aromatic rings. The first-order valence-corrected chi connectivity index (χ1v) is 5.86. The van der Waals surface area contributed by atoms with Crippen molar-refractivity contribution in [1.82, 2.24) is 0 Å². The Morgan fingerprint density at radius 3 is 2.00 bits per heavy atom. The standard InChI is InChI=1S/C12H21N3/c1-2-3-4-5-6-7-8-9-10-11-12-14-15-13/h1H,3-12H2. The molecule has 0 N–H and O–H groups in total. The van der Waals surface area contributed by atoms with Crippen LogP contribution >= 0.6 is 0 Å². The van der Waals surface area contributed by atoms with Crippen molar-refractivity contribution in [3.63, 3.8) is 0 Å². The molecule has 0 aliphatic carbocycles. The Labute approximate surface area is 92.9 Å². The quantitative estimate of drug-likeness (QED) is 0.167. The van der Waals surface area contributed by atoms with Crippen LogP contribution in [0.15, 0.2) is 5.11 Å². The Morgan fingerprint density at radius 2 is 1.47 bits per heavy atom. The second-order valence-corrected chi connectivity index (χ2v) is 3.74. The van der Waals surface area contributed by atoms with Gasteiger partial charge in [-0.15, -0.1) is 12.3 Å². The van der Waals surface area contributed by atoms with Crippen molar-refractivity contribution in [3.8, 4) is 12.3 Å². The molecule has 0 atom stereocenters. The predicted molar refractivity (Wildman–Crippen MR) is 64.4 cm³/mol. The minimum absolute atomic E-state index is 0.651. The van der Waals surface area contributed by atoms with E-state index in [4.69, 9.17) is 12.0 Å². The molecule has 0 aromatic carbocycles. The monoisotopic (exact) mass is 207 g/mol. The molecule has 3 heteroatoms. The lowest BCUT2D eigenvalue weighted by Crippen LogP contribution is -1.83. The highest BCUT2D eigenvalue weighted by Gasteiger charge is 1.91. The van der Waals surface area contributed by atoms with E-state index in [2.05, 4.69) is 15.9 Å². The molecule has 0 saturated carbocycles. The maximum absolute atomic E-state index is 8.05. The summed E-state index contributed by atoms with van der Waals surface area (Å²) in [5.41, 5.74) is 8.05. The zero-order chi connectivity index (χ0) is 11.2. The van der Waals surface area contributed by atoms with Crippen molar-refractivity contribution in [2.45, 2.75) is 57.8 Å². The van der Waals surface area contributed by atoms with Crippen LogP contribution in [0, 0.1) is 12.3 Å². The second kappa shape index (κ2) is 12.9. The van der Waals surface area contributed by atoms with E-state index in [1.165, 1.54) is 44.9 Å². The largest absolute Gasteiger partial charge is 0.120 e. The third-order valence-corrected chi connectivity index (χ3v) is 2.39. The van der Waals surface area contributed by atoms with E-state index in [0.29, 0.717) is 6.54 Å². The van der Waals surface area contributed by atoms with Crippen molar-refractivity contribution in [3.05, 3.63) is 10.4 Å². The van der Waals surface area contributed by atoms with Crippen LogP contribution in [0.25, 0.3) is 10.4 Å². The average molecular weight is 207 g/mol. The smallest absolute Gasteiger partial charge is 0.0257 e. The number of hydrogen-bond donors (Lipinski definition) is 0. The Balaban J connectivity index is 2.93. The highest BCUT2D eigenvalue weighted by molar-refractivity contribution is 4.82. The topological polar surface area (TPSA) is 48.8 Å². The van der Waals surface area contributed by atoms with Gasteiger partial charge in [-0.2, -0.15) is 0 Å². The van der Waals surface area contributed by atoms with Crippen molar-refractivity contribution in [1.29, 1.82) is 0 Å². The van der Waals surface area contributed by atoms with Gasteiger partial charge in [0.05, 0.1) is 0 Å². The highest BCUT2D eigenvalue weighted by Crippen LogP contribution is 2.09. The molecular formula is C12H21N3. The SMILES string of the molecule is C#CCCCCCCCCCCN=[N+]=[N-]. The van der Waals surface area contributed by atoms with Crippen LogP contribution in [-0.4, -0.2) is 6.54 Å². The molecule has 15 heavy (non-hydrogen) atoms. The number of rotatable bonds is 10. The molecule has 0 spiro atoms. The molecule has 0 fully saturated rings. The van der Waals surface area contributed by atoms with Gasteiger partial charge in [-0.25, -0.2) is 0 Å². The molecular weight excluding hydrogens is 186 g/mol. The Morgan fingerprint density at radius 1 is 0.933 bits per heavy atom. The molecule has 3 nitrogen and oxygen atoms in total. The molecule has 0 aliphatic heterocycles. The summed E-state index contributed by atoms with van der Waals surface area (Å²) >= 11 is 0. The lowest BCUT2D eigenvalue weighted by atomic mass is 10.1. The van der Waals surface area contributed by atoms with Crippen LogP contribution in [-0.2, 0) is 0 Å². The fourth-order valence-electron chi connectivity index (χ4n) is 1.51. The summed E-state index contributed by atoms with van der Waals surface area (Å²) in [5.74, 6) is 2.66. The van der Waals surface area contributed by atoms with E-state index >= 15 is 0 Å². The lowest BCUT2D eigenvalue weighted by Gasteiger charge is -1.99. The zero-order valence-electron chi connectivity index (χ0n) is 9.49. The number of nitrogens with zero attached hydrogens (tertiary/aromatic N) is 3. The van der Waals surface area contributed by atoms with Gasteiger partial charge in [-0.1, -0.05) is 43.6 Å². The summed E-state index contributed by atoms with van der Waals surface area (Å²) in [6.07, 6.45) is 15.9. The number of azide groups is 1. The summed E-state index contributed by atoms with van der Waals surface area (Å²) in [6.45, 7) is 0.651. The summed E-state index contributed by atoms with van der Waals surface area (Å²) in [5, 5.41) is 3.50. The maximum atomic E-state index is 8.05. The van der Waals surface area contributed by atoms with Gasteiger partial charge >= 0.3 is 0 Å². The van der Waals surface area contributed by atoms with E-state index in [-0.39, 0.29) is 0 Å². The van der Waals surface area contributed by atoms with Gasteiger partial charge in [-0.3, -0.25) is 0 Å². The van der Waals surface area contributed by atoms with E-state index in [0.717, 1.165) is 12.8 Å². The first-order valence-electron chi connectivity index (χ1n) is 5.86. The molecule has 0 bridgehead atoms. The molecule has 0 amide bonds. The van der Waals surface area contributed by atoms with Gasteiger partial charge in [0.25, 0.3) is 0 Å². The lowest BCUT2D eigenvalue weighted by molar-refractivity contribution is 0.573. The van der Waals surface area contributed by atoms with Crippen molar-refractivity contribution < 1.29 is 0 Å². The normalized spacial score (nSPS) is 9.27. The van der Waals surface area contributed by atoms with Crippen LogP contribution in [0.2, 0.25) is 0 Å². The molecule has 0 radical (unpaired) electrons. The second-order valence-electron chi connectivity index (χ2n) is 3.74. The maximum Gasteiger partial charge on any atom is 0.0257 e. The van der Waals surface area contributed by atoms with Crippen LogP contribution in [0.4, 0.5) is 0 Å². The minimum Gasteiger partial charge on any atom is -0.120 e. The van der Waals surface area contributed by atoms with E-state index in [1.54, 1.807) is 0 Å². The average Bonchev–Trinajstić information content (AvgIpc) is 2.26. The molecule has 0 unspecified atom stereocenters. The van der Waals surface area contributed by atoms with Gasteiger partial charge in [0.1, 0.15) is 0 Å². The number of terminal acetylenes is 1.